The molecule has 1 unspecified atom stereocenters. The molecule has 1 fully saturated rings. The van der Waals surface area contributed by atoms with Gasteiger partial charge in [0.25, 0.3) is 11.8 Å². The first kappa shape index (κ1) is 17.5. The Bertz CT molecular complexity index is 908. The number of nitrogens with one attached hydrogen (secondary N) is 2. The summed E-state index contributed by atoms with van der Waals surface area (Å²) in [6.07, 6.45) is 3.42. The number of piperidine rings is 1. The fourth-order valence-electron chi connectivity index (χ4n) is 3.78. The van der Waals surface area contributed by atoms with Crippen molar-refractivity contribution < 1.29 is 23.6 Å². The number of rotatable bonds is 2. The first-order chi connectivity index (χ1) is 13.0. The largest absolute Gasteiger partial charge is 0.316 e. The minimum atomic E-state index is -1.05. The Labute approximate surface area is 154 Å². The van der Waals surface area contributed by atoms with Gasteiger partial charge in [-0.05, 0) is 50.1 Å². The Balaban J connectivity index is 1.70. The number of carbonyl (C=O) groups excluding carboxylic acids is 4. The highest BCUT2D eigenvalue weighted by Crippen LogP contribution is 2.32. The summed E-state index contributed by atoms with van der Waals surface area (Å²) in [7, 11) is 0. The molecule has 1 atom stereocenters. The number of nitrogens with zero attached hydrogens (tertiary/aromatic N) is 1. The maximum atomic E-state index is 14.7. The van der Waals surface area contributed by atoms with Crippen molar-refractivity contribution in [2.75, 3.05) is 13.1 Å². The summed E-state index contributed by atoms with van der Waals surface area (Å²) in [5.41, 5.74) is 1.15. The first-order valence-corrected chi connectivity index (χ1v) is 8.92. The third kappa shape index (κ3) is 2.95. The fourth-order valence-corrected chi connectivity index (χ4v) is 3.78. The van der Waals surface area contributed by atoms with E-state index in [2.05, 4.69) is 10.6 Å². The van der Waals surface area contributed by atoms with Gasteiger partial charge in [-0.3, -0.25) is 29.4 Å². The fraction of sp³-hybridized carbons (Fsp3) is 0.368. The van der Waals surface area contributed by atoms with Crippen molar-refractivity contribution in [3.05, 3.63) is 40.7 Å². The lowest BCUT2D eigenvalue weighted by molar-refractivity contribution is -0.136. The number of fused-ring (bicyclic) bond motifs is 1. The average molecular weight is 371 g/mol. The predicted octanol–water partition coefficient (Wildman–Crippen LogP) is 0.994. The number of benzene rings is 1. The lowest BCUT2D eigenvalue weighted by Crippen LogP contribution is -2.54. The SMILES string of the molecule is O=C1CCC(N2C(=O)c3cc(F)c(C4=CCCNCC4)cc3C2=O)C(=O)N1. The molecule has 27 heavy (non-hydrogen) atoms. The van der Waals surface area contributed by atoms with E-state index in [0.29, 0.717) is 18.5 Å². The molecule has 0 saturated carbocycles. The number of halogens is 1. The van der Waals surface area contributed by atoms with Crippen molar-refractivity contribution in [2.24, 2.45) is 0 Å². The van der Waals surface area contributed by atoms with Crippen LogP contribution in [0.15, 0.2) is 18.2 Å². The maximum Gasteiger partial charge on any atom is 0.262 e. The first-order valence-electron chi connectivity index (χ1n) is 8.92. The number of hydrogen-bond donors (Lipinski definition) is 2. The van der Waals surface area contributed by atoms with Crippen molar-refractivity contribution in [3.63, 3.8) is 0 Å². The molecule has 0 aliphatic carbocycles. The average Bonchev–Trinajstić information content (AvgIpc) is 2.83. The third-order valence-corrected chi connectivity index (χ3v) is 5.16. The van der Waals surface area contributed by atoms with E-state index < -0.39 is 35.5 Å². The molecule has 1 aromatic carbocycles. The lowest BCUT2D eigenvalue weighted by Gasteiger charge is -2.27. The van der Waals surface area contributed by atoms with Gasteiger partial charge in [-0.2, -0.15) is 0 Å². The van der Waals surface area contributed by atoms with Crippen LogP contribution in [0.5, 0.6) is 0 Å². The second-order valence-corrected chi connectivity index (χ2v) is 6.84. The van der Waals surface area contributed by atoms with Gasteiger partial charge in [0.2, 0.25) is 11.8 Å². The quantitative estimate of drug-likeness (QED) is 0.756. The van der Waals surface area contributed by atoms with Gasteiger partial charge in [-0.1, -0.05) is 6.08 Å². The lowest BCUT2D eigenvalue weighted by atomic mass is 9.97. The zero-order valence-corrected chi connectivity index (χ0v) is 14.5. The van der Waals surface area contributed by atoms with Crippen LogP contribution in [0.1, 0.15) is 52.0 Å². The Morgan fingerprint density at radius 1 is 0.963 bits per heavy atom. The van der Waals surface area contributed by atoms with E-state index >= 15 is 0 Å². The standard InChI is InChI=1S/C19H18FN3O4/c20-14-9-13-12(8-11(14)10-2-1-6-21-7-5-10)18(26)23(19(13)27)15-3-4-16(24)22-17(15)25/h2,8-9,15,21H,1,3-7H2,(H,22,24,25). The summed E-state index contributed by atoms with van der Waals surface area (Å²) < 4.78 is 14.7. The van der Waals surface area contributed by atoms with Gasteiger partial charge in [0.05, 0.1) is 11.1 Å². The van der Waals surface area contributed by atoms with Gasteiger partial charge in [-0.25, -0.2) is 4.39 Å². The van der Waals surface area contributed by atoms with Gasteiger partial charge in [0.1, 0.15) is 11.9 Å². The van der Waals surface area contributed by atoms with E-state index in [9.17, 15) is 23.6 Å². The maximum absolute atomic E-state index is 14.7. The van der Waals surface area contributed by atoms with E-state index in [1.54, 1.807) is 0 Å². The highest BCUT2D eigenvalue weighted by Gasteiger charge is 2.45. The van der Waals surface area contributed by atoms with Crippen LogP contribution in [0.2, 0.25) is 0 Å². The number of carbonyl (C=O) groups is 4. The van der Waals surface area contributed by atoms with Crippen LogP contribution in [0, 0.1) is 5.82 Å². The molecule has 1 saturated heterocycles. The van der Waals surface area contributed by atoms with Crippen molar-refractivity contribution in [1.29, 1.82) is 0 Å². The smallest absolute Gasteiger partial charge is 0.262 e. The second-order valence-electron chi connectivity index (χ2n) is 6.84. The van der Waals surface area contributed by atoms with Crippen LogP contribution in [-0.4, -0.2) is 47.7 Å². The summed E-state index contributed by atoms with van der Waals surface area (Å²) in [5.74, 6) is -3.01. The topological polar surface area (TPSA) is 95.6 Å². The Morgan fingerprint density at radius 3 is 2.44 bits per heavy atom. The van der Waals surface area contributed by atoms with Crippen molar-refractivity contribution in [2.45, 2.75) is 31.7 Å². The molecule has 0 aromatic heterocycles. The molecule has 4 rings (SSSR count). The summed E-state index contributed by atoms with van der Waals surface area (Å²) in [5, 5.41) is 5.36. The molecule has 0 radical (unpaired) electrons. The van der Waals surface area contributed by atoms with Crippen molar-refractivity contribution >= 4 is 29.2 Å². The van der Waals surface area contributed by atoms with E-state index in [1.807, 2.05) is 6.08 Å². The molecule has 2 N–H and O–H groups in total. The van der Waals surface area contributed by atoms with Gasteiger partial charge in [-0.15, -0.1) is 0 Å². The zero-order valence-electron chi connectivity index (χ0n) is 14.5. The molecule has 0 bridgehead atoms. The molecule has 3 aliphatic rings. The zero-order chi connectivity index (χ0) is 19.1. The number of imide groups is 2. The second kappa shape index (κ2) is 6.70. The molecular weight excluding hydrogens is 353 g/mol. The third-order valence-electron chi connectivity index (χ3n) is 5.16. The van der Waals surface area contributed by atoms with Crippen molar-refractivity contribution in [1.82, 2.24) is 15.5 Å². The van der Waals surface area contributed by atoms with Crippen LogP contribution in [0.3, 0.4) is 0 Å². The monoisotopic (exact) mass is 371 g/mol. The summed E-state index contributed by atoms with van der Waals surface area (Å²) in [4.78, 5) is 49.8. The van der Waals surface area contributed by atoms with Crippen LogP contribution in [0.4, 0.5) is 4.39 Å². The molecule has 8 heteroatoms. The minimum Gasteiger partial charge on any atom is -0.316 e. The summed E-state index contributed by atoms with van der Waals surface area (Å²) in [6, 6.07) is 1.44. The Hall–Kier alpha value is -2.87. The summed E-state index contributed by atoms with van der Waals surface area (Å²) in [6.45, 7) is 1.51. The molecule has 7 nitrogen and oxygen atoms in total. The highest BCUT2D eigenvalue weighted by atomic mass is 19.1. The van der Waals surface area contributed by atoms with Crippen LogP contribution >= 0.6 is 0 Å². The Morgan fingerprint density at radius 2 is 1.70 bits per heavy atom. The van der Waals surface area contributed by atoms with Crippen LogP contribution in [0.25, 0.3) is 5.57 Å². The molecule has 3 aliphatic heterocycles. The van der Waals surface area contributed by atoms with E-state index in [4.69, 9.17) is 0 Å². The van der Waals surface area contributed by atoms with Crippen molar-refractivity contribution in [3.8, 4) is 0 Å². The minimum absolute atomic E-state index is 0.0432. The highest BCUT2D eigenvalue weighted by molar-refractivity contribution is 6.23. The molecule has 4 amide bonds. The van der Waals surface area contributed by atoms with Crippen LogP contribution in [-0.2, 0) is 9.59 Å². The van der Waals surface area contributed by atoms with Gasteiger partial charge in [0, 0.05) is 12.0 Å². The Kier molecular flexibility index (Phi) is 4.35. The predicted molar refractivity (Wildman–Crippen MR) is 93.2 cm³/mol. The molecule has 140 valence electrons. The molecule has 3 heterocycles. The molecule has 1 aromatic rings. The van der Waals surface area contributed by atoms with E-state index in [1.165, 1.54) is 6.07 Å². The van der Waals surface area contributed by atoms with E-state index in [0.717, 1.165) is 29.5 Å². The van der Waals surface area contributed by atoms with Gasteiger partial charge >= 0.3 is 0 Å². The summed E-state index contributed by atoms with van der Waals surface area (Å²) >= 11 is 0. The number of hydrogen-bond acceptors (Lipinski definition) is 5. The molecular formula is C19H18FN3O4. The normalized spacial score (nSPS) is 23.1. The van der Waals surface area contributed by atoms with Gasteiger partial charge in [0.15, 0.2) is 0 Å². The molecule has 0 spiro atoms. The van der Waals surface area contributed by atoms with E-state index in [-0.39, 0.29) is 24.0 Å². The van der Waals surface area contributed by atoms with Gasteiger partial charge < -0.3 is 5.32 Å². The van der Waals surface area contributed by atoms with Crippen LogP contribution < -0.4 is 10.6 Å². The number of amides is 4.